The molecule has 3 aromatic rings. The van der Waals surface area contributed by atoms with Crippen molar-refractivity contribution in [2.24, 2.45) is 0 Å². The average molecular weight is 509 g/mol. The molecule has 7 nitrogen and oxygen atoms in total. The van der Waals surface area contributed by atoms with E-state index in [-0.39, 0.29) is 17.0 Å². The van der Waals surface area contributed by atoms with Crippen LogP contribution in [-0.4, -0.2) is 62.7 Å². The molecule has 1 N–H and O–H groups in total. The molecule has 5 rings (SSSR count). The van der Waals surface area contributed by atoms with Crippen LogP contribution in [0.2, 0.25) is 0 Å². The number of piperazine rings is 1. The summed E-state index contributed by atoms with van der Waals surface area (Å²) < 4.78 is 35.4. The number of nitrogens with zero attached hydrogens (tertiary/aromatic N) is 3. The Morgan fingerprint density at radius 2 is 1.64 bits per heavy atom. The number of anilines is 1. The number of pyridine rings is 1. The monoisotopic (exact) mass is 508 g/mol. The zero-order valence-electron chi connectivity index (χ0n) is 21.1. The molecule has 8 heteroatoms. The lowest BCUT2D eigenvalue weighted by molar-refractivity contribution is 0.139. The van der Waals surface area contributed by atoms with Gasteiger partial charge >= 0.3 is 0 Å². The molecule has 1 aliphatic heterocycles. The topological polar surface area (TPSA) is 74.8 Å². The molecule has 0 spiro atoms. The Hall–Kier alpha value is -2.68. The van der Waals surface area contributed by atoms with E-state index < -0.39 is 10.0 Å². The van der Waals surface area contributed by atoms with Crippen LogP contribution in [0.5, 0.6) is 5.75 Å². The van der Waals surface area contributed by atoms with Crippen LogP contribution in [0.4, 0.5) is 5.69 Å². The largest absolute Gasteiger partial charge is 0.489 e. The van der Waals surface area contributed by atoms with Gasteiger partial charge < -0.3 is 9.64 Å². The minimum atomic E-state index is -3.62. The first kappa shape index (κ1) is 25.0. The first-order valence-electron chi connectivity index (χ1n) is 13.0. The molecule has 2 aliphatic rings. The van der Waals surface area contributed by atoms with Crippen LogP contribution in [0.25, 0.3) is 10.9 Å². The zero-order chi connectivity index (χ0) is 25.1. The van der Waals surface area contributed by atoms with E-state index in [1.165, 1.54) is 5.69 Å². The zero-order valence-corrected chi connectivity index (χ0v) is 22.0. The quantitative estimate of drug-likeness (QED) is 0.509. The van der Waals surface area contributed by atoms with Gasteiger partial charge in [0.25, 0.3) is 0 Å². The second kappa shape index (κ2) is 10.7. The van der Waals surface area contributed by atoms with Crippen molar-refractivity contribution in [3.05, 3.63) is 60.8 Å². The van der Waals surface area contributed by atoms with Crippen LogP contribution in [0.3, 0.4) is 0 Å². The van der Waals surface area contributed by atoms with Crippen molar-refractivity contribution < 1.29 is 13.2 Å². The van der Waals surface area contributed by atoms with Gasteiger partial charge in [0.2, 0.25) is 10.0 Å². The molecule has 1 aromatic heterocycles. The van der Waals surface area contributed by atoms with Crippen LogP contribution in [0.15, 0.2) is 65.7 Å². The number of hydrogen-bond donors (Lipinski definition) is 1. The summed E-state index contributed by atoms with van der Waals surface area (Å²) in [6, 6.07) is 17.8. The number of fused-ring (bicyclic) bond motifs is 1. The molecule has 1 saturated heterocycles. The number of hydrogen-bond acceptors (Lipinski definition) is 6. The van der Waals surface area contributed by atoms with Crippen molar-refractivity contribution in [1.29, 1.82) is 0 Å². The number of sulfonamides is 1. The summed E-state index contributed by atoms with van der Waals surface area (Å²) in [7, 11) is -3.62. The summed E-state index contributed by atoms with van der Waals surface area (Å²) in [4.78, 5) is 9.60. The SMILES string of the molecule is CC(C)Oc1ccccc1N1CCN(C2CCC(NS(=O)(=O)c3cccc4cccnc34)CC2)CC1. The van der Waals surface area contributed by atoms with Gasteiger partial charge in [0.15, 0.2) is 0 Å². The highest BCUT2D eigenvalue weighted by molar-refractivity contribution is 7.89. The van der Waals surface area contributed by atoms with Crippen LogP contribution in [0.1, 0.15) is 39.5 Å². The predicted octanol–water partition coefficient (Wildman–Crippen LogP) is 4.43. The van der Waals surface area contributed by atoms with E-state index >= 15 is 0 Å². The molecule has 0 bridgehead atoms. The summed E-state index contributed by atoms with van der Waals surface area (Å²) >= 11 is 0. The standard InChI is InChI=1S/C28H36N4O3S/c1-21(2)35-26-10-4-3-9-25(26)32-19-17-31(18-20-32)24-14-12-23(13-15-24)30-36(33,34)27-11-5-7-22-8-6-16-29-28(22)27/h3-11,16,21,23-24,30H,12-15,17-20H2,1-2H3. The number of rotatable bonds is 7. The van der Waals surface area contributed by atoms with Crippen LogP contribution >= 0.6 is 0 Å². The Kier molecular flexibility index (Phi) is 7.46. The molecule has 1 aliphatic carbocycles. The van der Waals surface area contributed by atoms with Gasteiger partial charge in [-0.3, -0.25) is 9.88 Å². The van der Waals surface area contributed by atoms with Gasteiger partial charge in [-0.1, -0.05) is 30.3 Å². The normalized spacial score (nSPS) is 21.7. The van der Waals surface area contributed by atoms with E-state index in [1.54, 1.807) is 18.3 Å². The fourth-order valence-electron chi connectivity index (χ4n) is 5.53. The van der Waals surface area contributed by atoms with Crippen LogP contribution in [0, 0.1) is 0 Å². The average Bonchev–Trinajstić information content (AvgIpc) is 2.89. The maximum atomic E-state index is 13.2. The Morgan fingerprint density at radius 3 is 2.39 bits per heavy atom. The van der Waals surface area contributed by atoms with E-state index in [9.17, 15) is 8.42 Å². The van der Waals surface area contributed by atoms with Gasteiger partial charge in [-0.2, -0.15) is 0 Å². The number of ether oxygens (including phenoxy) is 1. The summed E-state index contributed by atoms with van der Waals surface area (Å²) in [5.41, 5.74) is 1.70. The molecule has 0 amide bonds. The number of benzene rings is 2. The lowest BCUT2D eigenvalue weighted by atomic mass is 9.90. The molecule has 36 heavy (non-hydrogen) atoms. The van der Waals surface area contributed by atoms with Crippen LogP contribution in [-0.2, 0) is 10.0 Å². The molecule has 1 saturated carbocycles. The van der Waals surface area contributed by atoms with E-state index in [2.05, 4.69) is 51.6 Å². The third kappa shape index (κ3) is 5.51. The fourth-order valence-corrected chi connectivity index (χ4v) is 7.02. The second-order valence-corrected chi connectivity index (χ2v) is 11.8. The molecule has 0 atom stereocenters. The molecule has 192 valence electrons. The molecule has 0 unspecified atom stereocenters. The van der Waals surface area contributed by atoms with E-state index in [4.69, 9.17) is 4.74 Å². The van der Waals surface area contributed by atoms with Crippen molar-refractivity contribution in [1.82, 2.24) is 14.6 Å². The van der Waals surface area contributed by atoms with Gasteiger partial charge in [-0.05, 0) is 63.8 Å². The number of nitrogens with one attached hydrogen (secondary N) is 1. The molecule has 2 aromatic carbocycles. The third-order valence-electron chi connectivity index (χ3n) is 7.30. The number of para-hydroxylation sites is 3. The molecular formula is C28H36N4O3S. The highest BCUT2D eigenvalue weighted by atomic mass is 32.2. The Bertz CT molecular complexity index is 1280. The lowest BCUT2D eigenvalue weighted by Gasteiger charge is -2.43. The van der Waals surface area contributed by atoms with Crippen LogP contribution < -0.4 is 14.4 Å². The second-order valence-electron chi connectivity index (χ2n) is 10.1. The summed E-state index contributed by atoms with van der Waals surface area (Å²) in [6.07, 6.45) is 5.52. The van der Waals surface area contributed by atoms with Gasteiger partial charge in [0.05, 0.1) is 17.3 Å². The maximum Gasteiger partial charge on any atom is 0.242 e. The summed E-state index contributed by atoms with van der Waals surface area (Å²) in [5.74, 6) is 0.954. The maximum absolute atomic E-state index is 13.2. The smallest absolute Gasteiger partial charge is 0.242 e. The first-order chi connectivity index (χ1) is 17.4. The van der Waals surface area contributed by atoms with E-state index in [0.717, 1.165) is 63.0 Å². The molecular weight excluding hydrogens is 472 g/mol. The molecule has 0 radical (unpaired) electrons. The predicted molar refractivity (Wildman–Crippen MR) is 144 cm³/mol. The van der Waals surface area contributed by atoms with Gasteiger partial charge in [-0.15, -0.1) is 0 Å². The summed E-state index contributed by atoms with van der Waals surface area (Å²) in [5, 5.41) is 0.835. The van der Waals surface area contributed by atoms with Crippen molar-refractivity contribution in [2.75, 3.05) is 31.1 Å². The highest BCUT2D eigenvalue weighted by Crippen LogP contribution is 2.31. The van der Waals surface area contributed by atoms with Gasteiger partial charge in [0, 0.05) is 49.8 Å². The van der Waals surface area contributed by atoms with E-state index in [1.807, 2.05) is 24.3 Å². The Labute approximate surface area is 214 Å². The Balaban J connectivity index is 1.15. The Morgan fingerprint density at radius 1 is 0.917 bits per heavy atom. The minimum Gasteiger partial charge on any atom is -0.489 e. The van der Waals surface area contributed by atoms with Crippen molar-refractivity contribution in [3.63, 3.8) is 0 Å². The third-order valence-corrected chi connectivity index (χ3v) is 8.86. The van der Waals surface area contributed by atoms with Crippen molar-refractivity contribution in [3.8, 4) is 5.75 Å². The van der Waals surface area contributed by atoms with Gasteiger partial charge in [-0.25, -0.2) is 13.1 Å². The summed E-state index contributed by atoms with van der Waals surface area (Å²) in [6.45, 7) is 8.09. The van der Waals surface area contributed by atoms with Gasteiger partial charge in [0.1, 0.15) is 10.6 Å². The molecule has 2 heterocycles. The molecule has 2 fully saturated rings. The van der Waals surface area contributed by atoms with Crippen molar-refractivity contribution >= 4 is 26.6 Å². The van der Waals surface area contributed by atoms with E-state index in [0.29, 0.717) is 11.6 Å². The first-order valence-corrected chi connectivity index (χ1v) is 14.5. The minimum absolute atomic E-state index is 0.0356. The number of aromatic nitrogens is 1. The fraction of sp³-hybridized carbons (Fsp3) is 0.464. The highest BCUT2D eigenvalue weighted by Gasteiger charge is 2.31. The van der Waals surface area contributed by atoms with Crippen molar-refractivity contribution in [2.45, 2.75) is 62.6 Å². The lowest BCUT2D eigenvalue weighted by Crippen LogP contribution is -2.52.